The average Bonchev–Trinajstić information content (AvgIpc) is 2.21. The van der Waals surface area contributed by atoms with Gasteiger partial charge in [0.2, 0.25) is 6.20 Å². The molecular formula is C9H10BrN3O5. The molecule has 0 fully saturated rings. The topological polar surface area (TPSA) is 119 Å². The van der Waals surface area contributed by atoms with E-state index in [9.17, 15) is 20.1 Å². The normalized spacial score (nSPS) is 11.9. The van der Waals surface area contributed by atoms with E-state index in [1.165, 1.54) is 0 Å². The summed E-state index contributed by atoms with van der Waals surface area (Å²) in [5.41, 5.74) is -0.321. The number of carboxylic acids is 1. The molecule has 0 aromatic carbocycles. The Bertz CT molecular complexity index is 493. The predicted molar refractivity (Wildman–Crippen MR) is 65.1 cm³/mol. The van der Waals surface area contributed by atoms with Crippen LogP contribution in [0.15, 0.2) is 16.9 Å². The molecule has 0 radical (unpaired) electrons. The molecular weight excluding hydrogens is 310 g/mol. The first kappa shape index (κ1) is 14.2. The van der Waals surface area contributed by atoms with Gasteiger partial charge < -0.3 is 15.6 Å². The van der Waals surface area contributed by atoms with Crippen molar-refractivity contribution in [1.82, 2.24) is 0 Å². The molecule has 0 bridgehead atoms. The second-order valence-corrected chi connectivity index (χ2v) is 4.43. The Labute approximate surface area is 110 Å². The fraction of sp³-hybridized carbons (Fsp3) is 0.333. The average molecular weight is 320 g/mol. The molecule has 1 aromatic rings. The number of aromatic nitrogens is 1. The molecule has 2 N–H and O–H groups in total. The molecule has 0 saturated carbocycles. The lowest BCUT2D eigenvalue weighted by Gasteiger charge is -2.12. The van der Waals surface area contributed by atoms with Crippen LogP contribution in [0.3, 0.4) is 0 Å². The number of aliphatic carboxylic acids is 1. The number of carbonyl (C=O) groups is 1. The minimum atomic E-state index is -1.04. The molecule has 0 aliphatic rings. The Morgan fingerprint density at radius 1 is 1.72 bits per heavy atom. The first-order valence-corrected chi connectivity index (χ1v) is 5.66. The molecule has 98 valence electrons. The molecule has 0 unspecified atom stereocenters. The highest BCUT2D eigenvalue weighted by Crippen LogP contribution is 2.25. The van der Waals surface area contributed by atoms with Crippen LogP contribution in [-0.4, -0.2) is 22.0 Å². The summed E-state index contributed by atoms with van der Waals surface area (Å²) in [4.78, 5) is 20.6. The fourth-order valence-corrected chi connectivity index (χ4v) is 1.66. The van der Waals surface area contributed by atoms with Gasteiger partial charge in [0.1, 0.15) is 0 Å². The van der Waals surface area contributed by atoms with Crippen molar-refractivity contribution < 1.29 is 19.6 Å². The Kier molecular flexibility index (Phi) is 4.43. The van der Waals surface area contributed by atoms with E-state index in [-0.39, 0.29) is 22.4 Å². The zero-order chi connectivity index (χ0) is 13.9. The minimum Gasteiger partial charge on any atom is -0.618 e. The van der Waals surface area contributed by atoms with Crippen molar-refractivity contribution in [1.29, 1.82) is 0 Å². The Hall–Kier alpha value is -1.90. The van der Waals surface area contributed by atoms with E-state index in [0.29, 0.717) is 4.73 Å². The lowest BCUT2D eigenvalue weighted by atomic mass is 10.2. The second kappa shape index (κ2) is 5.63. The van der Waals surface area contributed by atoms with Crippen LogP contribution in [0.2, 0.25) is 0 Å². The van der Waals surface area contributed by atoms with E-state index in [4.69, 9.17) is 5.11 Å². The largest absolute Gasteiger partial charge is 0.618 e. The zero-order valence-electron chi connectivity index (χ0n) is 9.29. The summed E-state index contributed by atoms with van der Waals surface area (Å²) in [5.74, 6) is -1.04. The number of rotatable bonds is 5. The van der Waals surface area contributed by atoms with Gasteiger partial charge in [-0.3, -0.25) is 14.9 Å². The van der Waals surface area contributed by atoms with E-state index in [2.05, 4.69) is 21.2 Å². The Morgan fingerprint density at radius 3 is 2.83 bits per heavy atom. The van der Waals surface area contributed by atoms with Crippen LogP contribution >= 0.6 is 15.9 Å². The van der Waals surface area contributed by atoms with Crippen LogP contribution in [0.4, 0.5) is 11.4 Å². The first-order valence-electron chi connectivity index (χ1n) is 4.86. The van der Waals surface area contributed by atoms with Crippen LogP contribution in [0, 0.1) is 15.3 Å². The summed E-state index contributed by atoms with van der Waals surface area (Å²) in [5, 5.41) is 33.3. The molecule has 0 aliphatic carbocycles. The summed E-state index contributed by atoms with van der Waals surface area (Å²) < 4.78 is 0.411. The molecule has 1 heterocycles. The number of anilines is 1. The third kappa shape index (κ3) is 3.55. The zero-order valence-corrected chi connectivity index (χ0v) is 10.9. The van der Waals surface area contributed by atoms with Gasteiger partial charge >= 0.3 is 11.7 Å². The van der Waals surface area contributed by atoms with Crippen molar-refractivity contribution in [2.24, 2.45) is 0 Å². The molecule has 0 saturated heterocycles. The maximum atomic E-state index is 11.3. The van der Waals surface area contributed by atoms with Gasteiger partial charge in [0.15, 0.2) is 5.69 Å². The van der Waals surface area contributed by atoms with Gasteiger partial charge in [-0.05, 0) is 6.92 Å². The third-order valence-electron chi connectivity index (χ3n) is 2.07. The van der Waals surface area contributed by atoms with E-state index in [0.717, 1.165) is 12.3 Å². The summed E-state index contributed by atoms with van der Waals surface area (Å²) in [6, 6.07) is 0.519. The summed E-state index contributed by atoms with van der Waals surface area (Å²) in [6.07, 6.45) is 0.770. The van der Waals surface area contributed by atoms with Crippen LogP contribution in [0.25, 0.3) is 0 Å². The lowest BCUT2D eigenvalue weighted by molar-refractivity contribution is -0.617. The van der Waals surface area contributed by atoms with Crippen molar-refractivity contribution in [2.45, 2.75) is 19.4 Å². The molecule has 1 atom stereocenters. The number of hydrogen-bond acceptors (Lipinski definition) is 5. The number of carboxylic acid groups (broad SMARTS) is 1. The molecule has 0 aliphatic heterocycles. The van der Waals surface area contributed by atoms with E-state index < -0.39 is 16.9 Å². The Balaban J connectivity index is 3.03. The smallest absolute Gasteiger partial charge is 0.305 e. The van der Waals surface area contributed by atoms with Gasteiger partial charge in [0.25, 0.3) is 4.60 Å². The molecule has 18 heavy (non-hydrogen) atoms. The number of nitro groups is 1. The van der Waals surface area contributed by atoms with Crippen molar-refractivity contribution in [3.63, 3.8) is 0 Å². The fourth-order valence-electron chi connectivity index (χ4n) is 1.34. The molecule has 1 rings (SSSR count). The second-order valence-electron chi connectivity index (χ2n) is 3.62. The van der Waals surface area contributed by atoms with Crippen molar-refractivity contribution in [2.75, 3.05) is 5.32 Å². The summed E-state index contributed by atoms with van der Waals surface area (Å²) >= 11 is 2.88. The number of nitrogens with zero attached hydrogens (tertiary/aromatic N) is 2. The highest BCUT2D eigenvalue weighted by molar-refractivity contribution is 9.10. The van der Waals surface area contributed by atoms with Gasteiger partial charge in [-0.2, -0.15) is 4.73 Å². The monoisotopic (exact) mass is 319 g/mol. The van der Waals surface area contributed by atoms with Crippen LogP contribution in [0.5, 0.6) is 0 Å². The lowest BCUT2D eigenvalue weighted by Crippen LogP contribution is -2.29. The molecule has 1 aromatic heterocycles. The molecule has 0 spiro atoms. The van der Waals surface area contributed by atoms with Crippen LogP contribution < -0.4 is 10.0 Å². The summed E-state index contributed by atoms with van der Waals surface area (Å²) in [7, 11) is 0. The maximum absolute atomic E-state index is 11.3. The van der Waals surface area contributed by atoms with Gasteiger partial charge in [-0.25, -0.2) is 0 Å². The molecule has 0 amide bonds. The van der Waals surface area contributed by atoms with E-state index >= 15 is 0 Å². The molecule has 9 heteroatoms. The predicted octanol–water partition coefficient (Wildman–Crippen LogP) is 1.27. The van der Waals surface area contributed by atoms with Gasteiger partial charge in [-0.15, -0.1) is 0 Å². The van der Waals surface area contributed by atoms with Gasteiger partial charge in [0, 0.05) is 22.0 Å². The minimum absolute atomic E-state index is 0.00522. The van der Waals surface area contributed by atoms with E-state index in [1.54, 1.807) is 6.92 Å². The van der Waals surface area contributed by atoms with Crippen molar-refractivity contribution >= 4 is 33.3 Å². The number of pyridine rings is 1. The van der Waals surface area contributed by atoms with Crippen LogP contribution in [0.1, 0.15) is 13.3 Å². The number of halogens is 1. The SMILES string of the molecule is C[C@H](CC(=O)O)Nc1c[n+]([O-])c(Br)cc1[N+](=O)[O-]. The van der Waals surface area contributed by atoms with Crippen molar-refractivity contribution in [3.8, 4) is 0 Å². The van der Waals surface area contributed by atoms with Crippen molar-refractivity contribution in [3.05, 3.63) is 32.2 Å². The molecule has 8 nitrogen and oxygen atoms in total. The van der Waals surface area contributed by atoms with Gasteiger partial charge in [-0.1, -0.05) is 0 Å². The van der Waals surface area contributed by atoms with Gasteiger partial charge in [0.05, 0.1) is 17.4 Å². The van der Waals surface area contributed by atoms with Crippen LogP contribution in [-0.2, 0) is 4.79 Å². The number of hydrogen-bond donors (Lipinski definition) is 2. The highest BCUT2D eigenvalue weighted by Gasteiger charge is 2.22. The summed E-state index contributed by atoms with van der Waals surface area (Å²) in [6.45, 7) is 1.55. The quantitative estimate of drug-likeness (QED) is 0.277. The Morgan fingerprint density at radius 2 is 2.33 bits per heavy atom. The van der Waals surface area contributed by atoms with E-state index in [1.807, 2.05) is 0 Å². The highest BCUT2D eigenvalue weighted by atomic mass is 79.9. The maximum Gasteiger partial charge on any atom is 0.305 e. The third-order valence-corrected chi connectivity index (χ3v) is 2.65. The first-order chi connectivity index (χ1) is 8.31. The standard InChI is InChI=1S/C9H10BrN3O5/c1-5(2-9(14)15)11-6-4-12(16)8(10)3-7(6)13(17)18/h3-5,11H,2H2,1H3,(H,14,15)/t5-/m1/s1. The number of nitrogens with one attached hydrogen (secondary N) is 1.